The fraction of sp³-hybridized carbons (Fsp3) is 0.538. The first-order valence-electron chi connectivity index (χ1n) is 11.8. The molecule has 0 radical (unpaired) electrons. The van der Waals surface area contributed by atoms with Crippen molar-refractivity contribution in [2.45, 2.75) is 78.6 Å². The van der Waals surface area contributed by atoms with Crippen molar-refractivity contribution in [3.63, 3.8) is 0 Å². The molecule has 2 amide bonds. The third kappa shape index (κ3) is 8.12. The van der Waals surface area contributed by atoms with E-state index >= 15 is 0 Å². The van der Waals surface area contributed by atoms with Gasteiger partial charge in [-0.25, -0.2) is 9.78 Å². The maximum atomic E-state index is 12.8. The Morgan fingerprint density at radius 3 is 2.54 bits per heavy atom. The molecule has 0 aliphatic carbocycles. The number of aromatic nitrogens is 1. The lowest BCUT2D eigenvalue weighted by Crippen LogP contribution is -2.49. The summed E-state index contributed by atoms with van der Waals surface area (Å²) < 4.78 is 16.8. The molecule has 1 aromatic carbocycles. The average molecular weight is 488 g/mol. The minimum absolute atomic E-state index is 0.153. The first-order valence-corrected chi connectivity index (χ1v) is 11.8. The minimum atomic E-state index is -0.718. The first kappa shape index (κ1) is 27.9. The van der Waals surface area contributed by atoms with Gasteiger partial charge < -0.3 is 29.6 Å². The zero-order valence-electron chi connectivity index (χ0n) is 21.7. The maximum Gasteiger partial charge on any atom is 0.408 e. The van der Waals surface area contributed by atoms with Crippen LogP contribution >= 0.6 is 0 Å². The molecular formula is C26H37N3O6. The quantitative estimate of drug-likeness (QED) is 0.462. The molecule has 35 heavy (non-hydrogen) atoms. The van der Waals surface area contributed by atoms with Gasteiger partial charge in [-0.2, -0.15) is 0 Å². The number of alkyl carbamates (subject to hydrolysis) is 1. The summed E-state index contributed by atoms with van der Waals surface area (Å²) in [5.41, 5.74) is 1.45. The third-order valence-corrected chi connectivity index (χ3v) is 5.17. The van der Waals surface area contributed by atoms with Crippen molar-refractivity contribution in [1.29, 1.82) is 0 Å². The molecule has 0 aliphatic rings. The highest BCUT2D eigenvalue weighted by Crippen LogP contribution is 2.32. The Labute approximate surface area is 206 Å². The van der Waals surface area contributed by atoms with Crippen molar-refractivity contribution in [2.75, 3.05) is 13.7 Å². The van der Waals surface area contributed by atoms with Crippen LogP contribution < -0.4 is 20.1 Å². The number of carbonyl (C=O) groups is 3. The lowest BCUT2D eigenvalue weighted by Gasteiger charge is -2.24. The lowest BCUT2D eigenvalue weighted by molar-refractivity contribution is -0.123. The van der Waals surface area contributed by atoms with E-state index in [-0.39, 0.29) is 18.9 Å². The topological polar surface area (TPSA) is 116 Å². The van der Waals surface area contributed by atoms with Gasteiger partial charge in [-0.1, -0.05) is 13.3 Å². The highest BCUT2D eigenvalue weighted by Gasteiger charge is 2.24. The fourth-order valence-electron chi connectivity index (χ4n) is 3.61. The van der Waals surface area contributed by atoms with E-state index in [1.54, 1.807) is 27.9 Å². The number of fused-ring (bicyclic) bond motifs is 1. The van der Waals surface area contributed by atoms with Crippen LogP contribution in [0.4, 0.5) is 4.79 Å². The minimum Gasteiger partial charge on any atom is -0.497 e. The van der Waals surface area contributed by atoms with E-state index < -0.39 is 23.8 Å². The number of pyridine rings is 1. The largest absolute Gasteiger partial charge is 0.497 e. The predicted molar refractivity (Wildman–Crippen MR) is 134 cm³/mol. The van der Waals surface area contributed by atoms with Gasteiger partial charge in [-0.05, 0) is 59.2 Å². The molecule has 0 fully saturated rings. The first-order chi connectivity index (χ1) is 16.5. The van der Waals surface area contributed by atoms with Crippen LogP contribution in [0.5, 0.6) is 11.5 Å². The molecule has 192 valence electrons. The van der Waals surface area contributed by atoms with Crippen LogP contribution in [-0.2, 0) is 20.7 Å². The smallest absolute Gasteiger partial charge is 0.408 e. The molecule has 0 aliphatic heterocycles. The van der Waals surface area contributed by atoms with Gasteiger partial charge in [0.1, 0.15) is 35.5 Å². The summed E-state index contributed by atoms with van der Waals surface area (Å²) >= 11 is 0. The standard InChI is InChI=1S/C26H37N3O6/c1-8-9-22(29-25(32)35-26(4,5)6)24(31)27-15-16(2)34-23-17(3)28-21-11-10-18(33-7)14-20(21)19(23)12-13-30/h10-11,13-14,16,22H,8-9,12,15H2,1-7H3,(H,27,31)(H,29,32)/t16?,22-/m0/s1. The van der Waals surface area contributed by atoms with Gasteiger partial charge >= 0.3 is 6.09 Å². The predicted octanol–water partition coefficient (Wildman–Crippen LogP) is 3.87. The van der Waals surface area contributed by atoms with Gasteiger partial charge in [0.15, 0.2) is 0 Å². The number of hydrogen-bond acceptors (Lipinski definition) is 7. The molecule has 2 rings (SSSR count). The van der Waals surface area contributed by atoms with E-state index in [4.69, 9.17) is 14.2 Å². The third-order valence-electron chi connectivity index (χ3n) is 5.17. The molecule has 1 unspecified atom stereocenters. The summed E-state index contributed by atoms with van der Waals surface area (Å²) in [5, 5.41) is 6.25. The molecule has 9 nitrogen and oxygen atoms in total. The van der Waals surface area contributed by atoms with Crippen LogP contribution in [0.25, 0.3) is 10.9 Å². The monoisotopic (exact) mass is 487 g/mol. The lowest BCUT2D eigenvalue weighted by atomic mass is 10.0. The number of aryl methyl sites for hydroxylation is 1. The second kappa shape index (κ2) is 12.4. The van der Waals surface area contributed by atoms with Gasteiger partial charge in [0.25, 0.3) is 0 Å². The summed E-state index contributed by atoms with van der Waals surface area (Å²) in [6.45, 7) is 11.1. The van der Waals surface area contributed by atoms with E-state index in [0.717, 1.165) is 22.8 Å². The van der Waals surface area contributed by atoms with E-state index in [9.17, 15) is 14.4 Å². The summed E-state index contributed by atoms with van der Waals surface area (Å²) in [5.74, 6) is 0.844. The molecule has 0 spiro atoms. The normalized spacial score (nSPS) is 13.0. The highest BCUT2D eigenvalue weighted by atomic mass is 16.6. The van der Waals surface area contributed by atoms with Gasteiger partial charge in [0.2, 0.25) is 5.91 Å². The van der Waals surface area contributed by atoms with Gasteiger partial charge in [0, 0.05) is 17.4 Å². The van der Waals surface area contributed by atoms with E-state index in [2.05, 4.69) is 15.6 Å². The molecule has 2 aromatic rings. The summed E-state index contributed by atoms with van der Waals surface area (Å²) in [6.07, 6.45) is 1.10. The van der Waals surface area contributed by atoms with E-state index in [1.807, 2.05) is 39.0 Å². The molecule has 2 N–H and O–H groups in total. The number of methoxy groups -OCH3 is 1. The molecular weight excluding hydrogens is 450 g/mol. The van der Waals surface area contributed by atoms with Crippen molar-refractivity contribution >= 4 is 29.2 Å². The Morgan fingerprint density at radius 1 is 1.23 bits per heavy atom. The molecule has 1 aromatic heterocycles. The van der Waals surface area contributed by atoms with Gasteiger partial charge in [-0.3, -0.25) is 4.79 Å². The van der Waals surface area contributed by atoms with Crippen molar-refractivity contribution in [1.82, 2.24) is 15.6 Å². The van der Waals surface area contributed by atoms with Crippen LogP contribution in [0.2, 0.25) is 0 Å². The number of hydrogen-bond donors (Lipinski definition) is 2. The van der Waals surface area contributed by atoms with Gasteiger partial charge in [-0.15, -0.1) is 0 Å². The molecule has 0 bridgehead atoms. The molecule has 0 saturated carbocycles. The van der Waals surface area contributed by atoms with Crippen LogP contribution in [0, 0.1) is 6.92 Å². The van der Waals surface area contributed by atoms with Crippen molar-refractivity contribution < 1.29 is 28.6 Å². The van der Waals surface area contributed by atoms with Crippen LogP contribution in [0.15, 0.2) is 18.2 Å². The number of aldehydes is 1. The average Bonchev–Trinajstić information content (AvgIpc) is 2.78. The fourth-order valence-corrected chi connectivity index (χ4v) is 3.61. The maximum absolute atomic E-state index is 12.8. The number of carbonyl (C=O) groups excluding carboxylic acids is 3. The number of nitrogens with zero attached hydrogens (tertiary/aromatic N) is 1. The number of amides is 2. The molecule has 1 heterocycles. The van der Waals surface area contributed by atoms with Crippen LogP contribution in [0.3, 0.4) is 0 Å². The van der Waals surface area contributed by atoms with Gasteiger partial charge in [0.05, 0.1) is 24.9 Å². The van der Waals surface area contributed by atoms with Crippen LogP contribution in [-0.4, -0.2) is 54.7 Å². The van der Waals surface area contributed by atoms with Crippen molar-refractivity contribution in [3.8, 4) is 11.5 Å². The highest BCUT2D eigenvalue weighted by molar-refractivity contribution is 5.88. The molecule has 2 atom stereocenters. The molecule has 9 heteroatoms. The Kier molecular flexibility index (Phi) is 9.86. The second-order valence-electron chi connectivity index (χ2n) is 9.42. The number of rotatable bonds is 11. The van der Waals surface area contributed by atoms with Crippen LogP contribution in [0.1, 0.15) is 58.7 Å². The Morgan fingerprint density at radius 2 is 1.94 bits per heavy atom. The summed E-state index contributed by atoms with van der Waals surface area (Å²) in [7, 11) is 1.58. The second-order valence-corrected chi connectivity index (χ2v) is 9.42. The molecule has 0 saturated heterocycles. The Balaban J connectivity index is 2.13. The SMILES string of the molecule is CCC[C@H](NC(=O)OC(C)(C)C)C(=O)NCC(C)Oc1c(C)nc2ccc(OC)cc2c1CC=O. The van der Waals surface area contributed by atoms with Crippen molar-refractivity contribution in [3.05, 3.63) is 29.5 Å². The van der Waals surface area contributed by atoms with E-state index in [1.165, 1.54) is 0 Å². The summed E-state index contributed by atoms with van der Waals surface area (Å²) in [6, 6.07) is 4.77. The van der Waals surface area contributed by atoms with Crippen molar-refractivity contribution in [2.24, 2.45) is 0 Å². The number of benzene rings is 1. The zero-order valence-corrected chi connectivity index (χ0v) is 21.7. The number of nitrogens with one attached hydrogen (secondary N) is 2. The van der Waals surface area contributed by atoms with E-state index in [0.29, 0.717) is 30.0 Å². The summed E-state index contributed by atoms with van der Waals surface area (Å²) in [4.78, 5) is 40.9. The zero-order chi connectivity index (χ0) is 26.2. The Bertz CT molecular complexity index is 1050. The number of ether oxygens (including phenoxy) is 3. The Hall–Kier alpha value is -3.36.